The maximum absolute atomic E-state index is 11.8. The Balaban J connectivity index is 2.75. The highest BCUT2D eigenvalue weighted by molar-refractivity contribution is 5.94. The van der Waals surface area contributed by atoms with Gasteiger partial charge in [-0.05, 0) is 26.0 Å². The highest BCUT2D eigenvalue weighted by atomic mass is 16.5. The van der Waals surface area contributed by atoms with Crippen LogP contribution in [-0.4, -0.2) is 30.1 Å². The number of rotatable bonds is 7. The molecule has 1 aromatic rings. The molecule has 6 nitrogen and oxygen atoms in total. The van der Waals surface area contributed by atoms with Crippen LogP contribution in [-0.2, 0) is 19.1 Å². The predicted molar refractivity (Wildman–Crippen MR) is 73.8 cm³/mol. The summed E-state index contributed by atoms with van der Waals surface area (Å²) in [4.78, 5) is 27.1. The van der Waals surface area contributed by atoms with E-state index in [1.54, 1.807) is 38.4 Å². The molecule has 0 aliphatic rings. The molecule has 1 rings (SSSR count). The van der Waals surface area contributed by atoms with Crippen molar-refractivity contribution in [3.63, 3.8) is 0 Å². The van der Waals surface area contributed by atoms with Crippen LogP contribution >= 0.6 is 0 Å². The minimum absolute atomic E-state index is 0.139. The number of ether oxygens (including phenoxy) is 2. The normalized spacial score (nSPS) is 10.8. The molecule has 20 heavy (non-hydrogen) atoms. The van der Waals surface area contributed by atoms with Crippen LogP contribution in [0.1, 0.15) is 20.3 Å². The van der Waals surface area contributed by atoms with Crippen LogP contribution in [0.2, 0.25) is 0 Å². The maximum atomic E-state index is 11.8. The Morgan fingerprint density at radius 3 is 2.65 bits per heavy atom. The molecule has 0 amide bonds. The number of aromatic nitrogens is 1. The molecule has 108 valence electrons. The third kappa shape index (κ3) is 5.51. The smallest absolute Gasteiger partial charge is 0.336 e. The Bertz CT molecular complexity index is 471. The quantitative estimate of drug-likeness (QED) is 0.606. The molecule has 0 radical (unpaired) electrons. The predicted octanol–water partition coefficient (Wildman–Crippen LogP) is 1.89. The van der Waals surface area contributed by atoms with Crippen molar-refractivity contribution in [3.8, 4) is 0 Å². The van der Waals surface area contributed by atoms with E-state index in [0.717, 1.165) is 0 Å². The van der Waals surface area contributed by atoms with Crippen LogP contribution < -0.4 is 5.32 Å². The second-order valence-electron chi connectivity index (χ2n) is 3.76. The van der Waals surface area contributed by atoms with Gasteiger partial charge in [0.25, 0.3) is 0 Å². The SMILES string of the molecule is CCOC(=O)C/C(=C/Nc1cccnc1)C(=O)OCC. The number of pyridine rings is 1. The molecule has 1 heterocycles. The van der Waals surface area contributed by atoms with Crippen molar-refractivity contribution in [2.24, 2.45) is 0 Å². The minimum Gasteiger partial charge on any atom is -0.466 e. The van der Waals surface area contributed by atoms with E-state index in [9.17, 15) is 9.59 Å². The number of esters is 2. The number of carbonyl (C=O) groups is 2. The van der Waals surface area contributed by atoms with Crippen molar-refractivity contribution in [3.05, 3.63) is 36.3 Å². The molecule has 0 fully saturated rings. The highest BCUT2D eigenvalue weighted by Crippen LogP contribution is 2.09. The van der Waals surface area contributed by atoms with Gasteiger partial charge in [-0.2, -0.15) is 0 Å². The molecule has 0 aromatic carbocycles. The molecule has 0 bridgehead atoms. The summed E-state index contributed by atoms with van der Waals surface area (Å²) in [7, 11) is 0. The van der Waals surface area contributed by atoms with E-state index in [-0.39, 0.29) is 25.2 Å². The zero-order chi connectivity index (χ0) is 14.8. The number of carbonyl (C=O) groups excluding carboxylic acids is 2. The average molecular weight is 278 g/mol. The standard InChI is InChI=1S/C14H18N2O4/c1-3-19-13(17)8-11(14(18)20-4-2)9-16-12-6-5-7-15-10-12/h5-7,9-10,16H,3-4,8H2,1-2H3/b11-9-. The largest absolute Gasteiger partial charge is 0.466 e. The van der Waals surface area contributed by atoms with Crippen LogP contribution in [0.3, 0.4) is 0 Å². The van der Waals surface area contributed by atoms with Crippen LogP contribution in [0.25, 0.3) is 0 Å². The summed E-state index contributed by atoms with van der Waals surface area (Å²) in [6.07, 6.45) is 4.54. The van der Waals surface area contributed by atoms with Crippen molar-refractivity contribution >= 4 is 17.6 Å². The summed E-state index contributed by atoms with van der Waals surface area (Å²) < 4.78 is 9.73. The number of nitrogens with zero attached hydrogens (tertiary/aromatic N) is 1. The van der Waals surface area contributed by atoms with E-state index >= 15 is 0 Å². The fourth-order valence-corrected chi connectivity index (χ4v) is 1.39. The van der Waals surface area contributed by atoms with Crippen molar-refractivity contribution in [2.45, 2.75) is 20.3 Å². The molecular weight excluding hydrogens is 260 g/mol. The summed E-state index contributed by atoms with van der Waals surface area (Å²) in [5, 5.41) is 2.90. The first kappa shape index (κ1) is 15.7. The Morgan fingerprint density at radius 2 is 2.05 bits per heavy atom. The first-order valence-corrected chi connectivity index (χ1v) is 6.35. The summed E-state index contributed by atoms with van der Waals surface area (Å²) in [6.45, 7) is 3.92. The van der Waals surface area contributed by atoms with Crippen molar-refractivity contribution < 1.29 is 19.1 Å². The Morgan fingerprint density at radius 1 is 1.30 bits per heavy atom. The molecular formula is C14H18N2O4. The number of hydrogen-bond donors (Lipinski definition) is 1. The summed E-state index contributed by atoms with van der Waals surface area (Å²) in [5.74, 6) is -1.02. The van der Waals surface area contributed by atoms with Crippen molar-refractivity contribution in [1.29, 1.82) is 0 Å². The first-order chi connectivity index (χ1) is 9.67. The Kier molecular flexibility index (Phi) is 6.81. The Labute approximate surface area is 117 Å². The Hall–Kier alpha value is -2.37. The molecule has 0 unspecified atom stereocenters. The molecule has 0 saturated carbocycles. The minimum atomic E-state index is -0.544. The van der Waals surface area contributed by atoms with Crippen LogP contribution in [0.5, 0.6) is 0 Å². The zero-order valence-electron chi connectivity index (χ0n) is 11.6. The molecule has 0 aliphatic carbocycles. The van der Waals surface area contributed by atoms with Gasteiger partial charge in [0.05, 0.1) is 37.1 Å². The highest BCUT2D eigenvalue weighted by Gasteiger charge is 2.15. The van der Waals surface area contributed by atoms with Gasteiger partial charge in [0, 0.05) is 12.4 Å². The second kappa shape index (κ2) is 8.68. The van der Waals surface area contributed by atoms with E-state index < -0.39 is 11.9 Å². The van der Waals surface area contributed by atoms with Gasteiger partial charge in [0.15, 0.2) is 0 Å². The number of nitrogens with one attached hydrogen (secondary N) is 1. The van der Waals surface area contributed by atoms with Gasteiger partial charge < -0.3 is 14.8 Å². The van der Waals surface area contributed by atoms with Gasteiger partial charge in [-0.1, -0.05) is 0 Å². The lowest BCUT2D eigenvalue weighted by atomic mass is 10.2. The molecule has 6 heteroatoms. The van der Waals surface area contributed by atoms with Gasteiger partial charge in [0.1, 0.15) is 0 Å². The molecule has 1 N–H and O–H groups in total. The monoisotopic (exact) mass is 278 g/mol. The van der Waals surface area contributed by atoms with Gasteiger partial charge in [-0.3, -0.25) is 9.78 Å². The topological polar surface area (TPSA) is 77.5 Å². The lowest BCUT2D eigenvalue weighted by molar-refractivity contribution is -0.145. The van der Waals surface area contributed by atoms with Crippen molar-refractivity contribution in [2.75, 3.05) is 18.5 Å². The average Bonchev–Trinajstić information content (AvgIpc) is 2.45. The fourth-order valence-electron chi connectivity index (χ4n) is 1.39. The van der Waals surface area contributed by atoms with Gasteiger partial charge in [-0.25, -0.2) is 4.79 Å². The summed E-state index contributed by atoms with van der Waals surface area (Å²) in [5.41, 5.74) is 0.910. The molecule has 1 aromatic heterocycles. The zero-order valence-corrected chi connectivity index (χ0v) is 11.6. The number of hydrogen-bond acceptors (Lipinski definition) is 6. The summed E-state index contributed by atoms with van der Waals surface area (Å²) in [6, 6.07) is 3.54. The molecule has 0 spiro atoms. The van der Waals surface area contributed by atoms with Crippen LogP contribution in [0.4, 0.5) is 5.69 Å². The summed E-state index contributed by atoms with van der Waals surface area (Å²) >= 11 is 0. The van der Waals surface area contributed by atoms with Crippen LogP contribution in [0, 0.1) is 0 Å². The van der Waals surface area contributed by atoms with Gasteiger partial charge in [-0.15, -0.1) is 0 Å². The molecule has 0 aliphatic heterocycles. The van der Waals surface area contributed by atoms with Gasteiger partial charge >= 0.3 is 11.9 Å². The van der Waals surface area contributed by atoms with E-state index in [4.69, 9.17) is 9.47 Å². The second-order valence-corrected chi connectivity index (χ2v) is 3.76. The third-order valence-corrected chi connectivity index (χ3v) is 2.25. The maximum Gasteiger partial charge on any atom is 0.336 e. The van der Waals surface area contributed by atoms with Gasteiger partial charge in [0.2, 0.25) is 0 Å². The lowest BCUT2D eigenvalue weighted by Crippen LogP contribution is -2.14. The van der Waals surface area contributed by atoms with Crippen molar-refractivity contribution in [1.82, 2.24) is 4.98 Å². The van der Waals surface area contributed by atoms with Crippen LogP contribution in [0.15, 0.2) is 36.3 Å². The lowest BCUT2D eigenvalue weighted by Gasteiger charge is -2.08. The van der Waals surface area contributed by atoms with E-state index in [0.29, 0.717) is 5.69 Å². The fraction of sp³-hybridized carbons (Fsp3) is 0.357. The van der Waals surface area contributed by atoms with E-state index in [1.165, 1.54) is 6.20 Å². The third-order valence-electron chi connectivity index (χ3n) is 2.25. The molecule has 0 saturated heterocycles. The van der Waals surface area contributed by atoms with E-state index in [1.807, 2.05) is 0 Å². The number of anilines is 1. The first-order valence-electron chi connectivity index (χ1n) is 6.35. The molecule has 0 atom stereocenters. The van der Waals surface area contributed by atoms with E-state index in [2.05, 4.69) is 10.3 Å².